The summed E-state index contributed by atoms with van der Waals surface area (Å²) in [5, 5.41) is 0. The molecule has 0 saturated heterocycles. The molecule has 0 spiro atoms. The van der Waals surface area contributed by atoms with Crippen LogP contribution in [-0.2, 0) is 29.0 Å². The second-order valence-corrected chi connectivity index (χ2v) is 6.40. The third kappa shape index (κ3) is 3.90. The van der Waals surface area contributed by atoms with E-state index in [0.29, 0.717) is 19.0 Å². The summed E-state index contributed by atoms with van der Waals surface area (Å²) in [6.07, 6.45) is 1.13. The molecule has 5 heteroatoms. The van der Waals surface area contributed by atoms with Crippen molar-refractivity contribution >= 4 is 21.9 Å². The molecule has 1 heterocycles. The summed E-state index contributed by atoms with van der Waals surface area (Å²) >= 11 is 3.55. The normalized spacial score (nSPS) is 12.4. The summed E-state index contributed by atoms with van der Waals surface area (Å²) in [6.45, 7) is 3.34. The van der Waals surface area contributed by atoms with E-state index < -0.39 is 0 Å². The van der Waals surface area contributed by atoms with Gasteiger partial charge in [-0.1, -0.05) is 18.2 Å². The number of carbonyl (C=O) groups excluding carboxylic acids is 1. The van der Waals surface area contributed by atoms with Crippen molar-refractivity contribution in [1.29, 1.82) is 0 Å². The van der Waals surface area contributed by atoms with Gasteiger partial charge in [0, 0.05) is 12.0 Å². The van der Waals surface area contributed by atoms with Crippen LogP contribution in [0.4, 0.5) is 0 Å². The van der Waals surface area contributed by atoms with Gasteiger partial charge in [-0.15, -0.1) is 0 Å². The minimum atomic E-state index is -0.244. The molecule has 1 aliphatic rings. The zero-order valence-corrected chi connectivity index (χ0v) is 15.1. The van der Waals surface area contributed by atoms with Crippen LogP contribution >= 0.6 is 15.9 Å². The van der Waals surface area contributed by atoms with E-state index in [0.717, 1.165) is 34.4 Å². The van der Waals surface area contributed by atoms with Crippen molar-refractivity contribution in [2.75, 3.05) is 13.2 Å². The Balaban J connectivity index is 1.71. The number of fused-ring (bicyclic) bond motifs is 1. The van der Waals surface area contributed by atoms with Gasteiger partial charge in [-0.25, -0.2) is 0 Å². The smallest absolute Gasteiger partial charge is 0.310 e. The average molecular weight is 391 g/mol. The maximum absolute atomic E-state index is 11.7. The predicted molar refractivity (Wildman–Crippen MR) is 94.5 cm³/mol. The molecule has 24 heavy (non-hydrogen) atoms. The topological polar surface area (TPSA) is 44.8 Å². The van der Waals surface area contributed by atoms with Gasteiger partial charge in [-0.05, 0) is 52.2 Å². The summed E-state index contributed by atoms with van der Waals surface area (Å²) in [5.41, 5.74) is 3.10. The van der Waals surface area contributed by atoms with Crippen molar-refractivity contribution in [3.8, 4) is 11.5 Å². The van der Waals surface area contributed by atoms with Crippen LogP contribution in [0.25, 0.3) is 0 Å². The molecule has 2 aromatic rings. The van der Waals surface area contributed by atoms with Gasteiger partial charge in [-0.3, -0.25) is 4.79 Å². The van der Waals surface area contributed by atoms with Crippen LogP contribution in [0.2, 0.25) is 0 Å². The molecule has 2 aromatic carbocycles. The highest BCUT2D eigenvalue weighted by Gasteiger charge is 2.17. The van der Waals surface area contributed by atoms with Crippen molar-refractivity contribution in [3.63, 3.8) is 0 Å². The highest BCUT2D eigenvalue weighted by atomic mass is 79.9. The van der Waals surface area contributed by atoms with Gasteiger partial charge in [0.2, 0.25) is 0 Å². The third-order valence-corrected chi connectivity index (χ3v) is 4.39. The second kappa shape index (κ2) is 7.71. The lowest BCUT2D eigenvalue weighted by atomic mass is 10.1. The molecule has 0 bridgehead atoms. The van der Waals surface area contributed by atoms with Gasteiger partial charge >= 0.3 is 5.97 Å². The number of carbonyl (C=O) groups is 1. The van der Waals surface area contributed by atoms with Gasteiger partial charge in [0.15, 0.2) is 0 Å². The van der Waals surface area contributed by atoms with Crippen LogP contribution < -0.4 is 9.47 Å². The minimum absolute atomic E-state index is 0.214. The van der Waals surface area contributed by atoms with Crippen LogP contribution in [-0.4, -0.2) is 19.2 Å². The van der Waals surface area contributed by atoms with E-state index in [-0.39, 0.29) is 12.4 Å². The number of halogens is 1. The summed E-state index contributed by atoms with van der Waals surface area (Å²) in [6, 6.07) is 11.7. The number of rotatable bonds is 6. The number of para-hydroxylation sites is 1. The van der Waals surface area contributed by atoms with Gasteiger partial charge < -0.3 is 14.2 Å². The predicted octanol–water partition coefficient (Wildman–Crippen LogP) is 4.07. The fraction of sp³-hybridized carbons (Fsp3) is 0.316. The SMILES string of the molecule is CCOC(=O)Cc1ccccc1OCc1cc(Br)c2c(c1)CCO2. The van der Waals surface area contributed by atoms with Crippen molar-refractivity contribution in [1.82, 2.24) is 0 Å². The summed E-state index contributed by atoms with van der Waals surface area (Å²) < 4.78 is 17.5. The molecule has 0 aliphatic carbocycles. The number of ether oxygens (including phenoxy) is 3. The molecule has 1 aliphatic heterocycles. The quantitative estimate of drug-likeness (QED) is 0.697. The molecule has 0 radical (unpaired) electrons. The largest absolute Gasteiger partial charge is 0.492 e. The number of hydrogen-bond donors (Lipinski definition) is 0. The Morgan fingerprint density at radius 1 is 1.29 bits per heavy atom. The molecule has 0 unspecified atom stereocenters. The molecule has 4 nitrogen and oxygen atoms in total. The van der Waals surface area contributed by atoms with E-state index in [9.17, 15) is 4.79 Å². The molecule has 0 N–H and O–H groups in total. The lowest BCUT2D eigenvalue weighted by molar-refractivity contribution is -0.142. The molecular weight excluding hydrogens is 372 g/mol. The van der Waals surface area contributed by atoms with Gasteiger partial charge in [0.05, 0.1) is 24.1 Å². The van der Waals surface area contributed by atoms with Gasteiger partial charge in [-0.2, -0.15) is 0 Å². The second-order valence-electron chi connectivity index (χ2n) is 5.54. The molecule has 0 atom stereocenters. The maximum Gasteiger partial charge on any atom is 0.310 e. The highest BCUT2D eigenvalue weighted by molar-refractivity contribution is 9.10. The van der Waals surface area contributed by atoms with E-state index in [1.54, 1.807) is 6.92 Å². The van der Waals surface area contributed by atoms with Crippen LogP contribution in [0.3, 0.4) is 0 Å². The molecule has 0 aromatic heterocycles. The lowest BCUT2D eigenvalue weighted by Crippen LogP contribution is -2.09. The standard InChI is InChI=1S/C19H19BrO4/c1-2-22-18(21)11-14-5-3-4-6-17(14)24-12-13-9-15-7-8-23-19(15)16(20)10-13/h3-6,9-10H,2,7-8,11-12H2,1H3. The number of hydrogen-bond acceptors (Lipinski definition) is 4. The maximum atomic E-state index is 11.7. The third-order valence-electron chi connectivity index (χ3n) is 3.81. The van der Waals surface area contributed by atoms with Gasteiger partial charge in [0.25, 0.3) is 0 Å². The number of benzene rings is 2. The molecule has 3 rings (SSSR count). The van der Waals surface area contributed by atoms with Crippen molar-refractivity contribution < 1.29 is 19.0 Å². The highest BCUT2D eigenvalue weighted by Crippen LogP contribution is 2.35. The summed E-state index contributed by atoms with van der Waals surface area (Å²) in [5.74, 6) is 1.39. The molecule has 0 amide bonds. The van der Waals surface area contributed by atoms with E-state index in [2.05, 4.69) is 22.0 Å². The monoisotopic (exact) mass is 390 g/mol. The zero-order chi connectivity index (χ0) is 16.9. The molecule has 0 saturated carbocycles. The summed E-state index contributed by atoms with van der Waals surface area (Å²) in [4.78, 5) is 11.7. The van der Waals surface area contributed by atoms with Crippen molar-refractivity contribution in [2.45, 2.75) is 26.4 Å². The first-order valence-corrected chi connectivity index (χ1v) is 8.77. The van der Waals surface area contributed by atoms with E-state index in [4.69, 9.17) is 14.2 Å². The first-order valence-electron chi connectivity index (χ1n) is 7.97. The van der Waals surface area contributed by atoms with Crippen LogP contribution in [0.5, 0.6) is 11.5 Å². The Morgan fingerprint density at radius 2 is 2.12 bits per heavy atom. The van der Waals surface area contributed by atoms with Crippen LogP contribution in [0, 0.1) is 0 Å². The fourth-order valence-electron chi connectivity index (χ4n) is 2.73. The van der Waals surface area contributed by atoms with Crippen LogP contribution in [0.15, 0.2) is 40.9 Å². The lowest BCUT2D eigenvalue weighted by Gasteiger charge is -2.12. The molecule has 0 fully saturated rings. The Labute approximate surface area is 149 Å². The zero-order valence-electron chi connectivity index (χ0n) is 13.5. The number of esters is 1. The van der Waals surface area contributed by atoms with E-state index in [1.807, 2.05) is 30.3 Å². The minimum Gasteiger partial charge on any atom is -0.492 e. The average Bonchev–Trinajstić information content (AvgIpc) is 3.03. The van der Waals surface area contributed by atoms with Crippen molar-refractivity contribution in [3.05, 3.63) is 57.6 Å². The Kier molecular flexibility index (Phi) is 5.41. The molecule has 126 valence electrons. The first kappa shape index (κ1) is 16.8. The van der Waals surface area contributed by atoms with E-state index in [1.165, 1.54) is 5.56 Å². The Hall–Kier alpha value is -2.01. The van der Waals surface area contributed by atoms with Crippen molar-refractivity contribution in [2.24, 2.45) is 0 Å². The Bertz CT molecular complexity index is 742. The van der Waals surface area contributed by atoms with Gasteiger partial charge in [0.1, 0.15) is 18.1 Å². The first-order chi connectivity index (χ1) is 11.7. The fourth-order valence-corrected chi connectivity index (χ4v) is 3.39. The summed E-state index contributed by atoms with van der Waals surface area (Å²) in [7, 11) is 0. The van der Waals surface area contributed by atoms with E-state index >= 15 is 0 Å². The Morgan fingerprint density at radius 3 is 2.96 bits per heavy atom. The molecular formula is C19H19BrO4. The van der Waals surface area contributed by atoms with Crippen LogP contribution in [0.1, 0.15) is 23.6 Å².